The molecule has 0 fully saturated rings. The van der Waals surface area contributed by atoms with Crippen LogP contribution in [0.1, 0.15) is 29.6 Å². The third kappa shape index (κ3) is 5.61. The molecule has 10 heteroatoms. The lowest BCUT2D eigenvalue weighted by Crippen LogP contribution is -2.16. The molecule has 1 unspecified atom stereocenters. The number of benzene rings is 1. The van der Waals surface area contributed by atoms with Gasteiger partial charge >= 0.3 is 6.36 Å². The minimum Gasteiger partial charge on any atom is -0.493 e. The molecular weight excluding hydrogens is 403 g/mol. The lowest BCUT2D eigenvalue weighted by molar-refractivity contribution is -0.274. The fourth-order valence-corrected chi connectivity index (χ4v) is 2.95. The van der Waals surface area contributed by atoms with Crippen molar-refractivity contribution in [2.75, 3.05) is 20.3 Å². The van der Waals surface area contributed by atoms with Crippen LogP contribution < -0.4 is 9.47 Å². The number of halogens is 3. The Labute approximate surface area is 170 Å². The number of rotatable bonds is 9. The Morgan fingerprint density at radius 1 is 1.20 bits per heavy atom. The molecule has 0 saturated carbocycles. The summed E-state index contributed by atoms with van der Waals surface area (Å²) in [6.07, 6.45) is -3.31. The van der Waals surface area contributed by atoms with E-state index in [0.717, 1.165) is 18.1 Å². The van der Waals surface area contributed by atoms with Gasteiger partial charge in [-0.3, -0.25) is 4.98 Å². The summed E-state index contributed by atoms with van der Waals surface area (Å²) in [7, 11) is 1.62. The Bertz CT molecular complexity index is 991. The number of ether oxygens (including phenoxy) is 3. The summed E-state index contributed by atoms with van der Waals surface area (Å²) in [5.41, 5.74) is 2.17. The number of aromatic amines is 1. The monoisotopic (exact) mass is 425 g/mol. The fraction of sp³-hybridized carbons (Fsp3) is 0.400. The molecule has 0 aliphatic carbocycles. The Morgan fingerprint density at radius 2 is 2.00 bits per heavy atom. The minimum absolute atomic E-state index is 0.160. The number of hydrogen-bond acceptors (Lipinski definition) is 6. The van der Waals surface area contributed by atoms with Gasteiger partial charge in [0.05, 0.1) is 17.6 Å². The van der Waals surface area contributed by atoms with Crippen molar-refractivity contribution in [2.24, 2.45) is 0 Å². The molecule has 0 amide bonds. The normalized spacial score (nSPS) is 12.9. The second-order valence-corrected chi connectivity index (χ2v) is 6.64. The third-order valence-corrected chi connectivity index (χ3v) is 4.42. The van der Waals surface area contributed by atoms with Gasteiger partial charge in [-0.15, -0.1) is 13.2 Å². The number of fused-ring (bicyclic) bond motifs is 1. The highest BCUT2D eigenvalue weighted by molar-refractivity contribution is 5.76. The summed E-state index contributed by atoms with van der Waals surface area (Å²) in [6, 6.07) is 5.51. The van der Waals surface area contributed by atoms with Crippen LogP contribution in [0.3, 0.4) is 0 Å². The number of nitrogens with one attached hydrogen (secondary N) is 1. The van der Waals surface area contributed by atoms with Gasteiger partial charge in [0.1, 0.15) is 23.4 Å². The largest absolute Gasteiger partial charge is 0.573 e. The van der Waals surface area contributed by atoms with Crippen molar-refractivity contribution in [1.82, 2.24) is 15.0 Å². The van der Waals surface area contributed by atoms with Gasteiger partial charge in [-0.25, -0.2) is 4.98 Å². The van der Waals surface area contributed by atoms with E-state index in [1.165, 1.54) is 12.1 Å². The Hall–Kier alpha value is -2.85. The number of H-pyrrole nitrogens is 1. The molecule has 0 aliphatic heterocycles. The Morgan fingerprint density at radius 3 is 2.73 bits per heavy atom. The second kappa shape index (κ2) is 9.31. The minimum atomic E-state index is -4.79. The van der Waals surface area contributed by atoms with Crippen LogP contribution in [-0.4, -0.2) is 46.7 Å². The molecule has 0 aliphatic rings. The van der Waals surface area contributed by atoms with Crippen molar-refractivity contribution in [1.29, 1.82) is 0 Å². The van der Waals surface area contributed by atoms with Gasteiger partial charge in [0.15, 0.2) is 0 Å². The quantitative estimate of drug-likeness (QED) is 0.506. The summed E-state index contributed by atoms with van der Waals surface area (Å²) in [5, 5.41) is 10.6. The van der Waals surface area contributed by atoms with E-state index in [1.54, 1.807) is 19.4 Å². The molecule has 1 atom stereocenters. The number of aromatic nitrogens is 3. The van der Waals surface area contributed by atoms with Gasteiger partial charge < -0.3 is 24.3 Å². The molecule has 2 heterocycles. The van der Waals surface area contributed by atoms with Crippen LogP contribution in [0.4, 0.5) is 13.2 Å². The molecule has 0 spiro atoms. The molecule has 2 N–H and O–H groups in total. The number of aliphatic hydroxyl groups is 1. The van der Waals surface area contributed by atoms with Crippen LogP contribution in [0.5, 0.6) is 11.5 Å². The first-order chi connectivity index (χ1) is 14.3. The molecule has 30 heavy (non-hydrogen) atoms. The van der Waals surface area contributed by atoms with Crippen LogP contribution in [0.15, 0.2) is 30.5 Å². The number of alkyl halides is 3. The van der Waals surface area contributed by atoms with E-state index >= 15 is 0 Å². The van der Waals surface area contributed by atoms with E-state index < -0.39 is 12.5 Å². The van der Waals surface area contributed by atoms with Gasteiger partial charge in [0.2, 0.25) is 0 Å². The summed E-state index contributed by atoms with van der Waals surface area (Å²) in [4.78, 5) is 11.4. The molecule has 3 rings (SSSR count). The van der Waals surface area contributed by atoms with E-state index in [-0.39, 0.29) is 23.5 Å². The number of methoxy groups -OCH3 is 1. The van der Waals surface area contributed by atoms with Crippen molar-refractivity contribution < 1.29 is 32.5 Å². The predicted molar refractivity (Wildman–Crippen MR) is 102 cm³/mol. The number of pyridine rings is 1. The van der Waals surface area contributed by atoms with E-state index in [0.29, 0.717) is 30.2 Å². The summed E-state index contributed by atoms with van der Waals surface area (Å²) in [6.45, 7) is 2.93. The lowest BCUT2D eigenvalue weighted by Gasteiger charge is -2.13. The first kappa shape index (κ1) is 21.8. The SMILES string of the molecule is COCCCOc1ccnc(CC(O)c2nc3cc(OC(F)(F)F)ccc3[nH]2)c1C. The highest BCUT2D eigenvalue weighted by Gasteiger charge is 2.31. The molecule has 0 bridgehead atoms. The van der Waals surface area contributed by atoms with E-state index in [9.17, 15) is 18.3 Å². The first-order valence-corrected chi connectivity index (χ1v) is 9.26. The topological polar surface area (TPSA) is 89.5 Å². The summed E-state index contributed by atoms with van der Waals surface area (Å²) in [5.74, 6) is 0.516. The Kier molecular flexibility index (Phi) is 6.78. The van der Waals surface area contributed by atoms with Crippen LogP contribution in [0, 0.1) is 6.92 Å². The lowest BCUT2D eigenvalue weighted by atomic mass is 10.1. The highest BCUT2D eigenvalue weighted by Crippen LogP contribution is 2.28. The number of hydrogen-bond donors (Lipinski definition) is 2. The molecule has 162 valence electrons. The maximum atomic E-state index is 12.4. The fourth-order valence-electron chi connectivity index (χ4n) is 2.95. The maximum absolute atomic E-state index is 12.4. The van der Waals surface area contributed by atoms with Gasteiger partial charge in [-0.05, 0) is 25.1 Å². The van der Waals surface area contributed by atoms with E-state index in [1.807, 2.05) is 6.92 Å². The van der Waals surface area contributed by atoms with E-state index in [4.69, 9.17) is 9.47 Å². The summed E-state index contributed by atoms with van der Waals surface area (Å²) < 4.78 is 51.8. The molecule has 2 aromatic heterocycles. The predicted octanol–water partition coefficient (Wildman–Crippen LogP) is 3.86. The van der Waals surface area contributed by atoms with Crippen molar-refractivity contribution in [3.63, 3.8) is 0 Å². The number of imidazole rings is 1. The maximum Gasteiger partial charge on any atom is 0.573 e. The second-order valence-electron chi connectivity index (χ2n) is 6.64. The van der Waals surface area contributed by atoms with Crippen molar-refractivity contribution >= 4 is 11.0 Å². The van der Waals surface area contributed by atoms with Gasteiger partial charge in [0.25, 0.3) is 0 Å². The number of aliphatic hydroxyl groups excluding tert-OH is 1. The molecule has 0 radical (unpaired) electrons. The average Bonchev–Trinajstić information content (AvgIpc) is 3.10. The highest BCUT2D eigenvalue weighted by atomic mass is 19.4. The van der Waals surface area contributed by atoms with Crippen LogP contribution in [0.25, 0.3) is 11.0 Å². The molecule has 0 saturated heterocycles. The first-order valence-electron chi connectivity index (χ1n) is 9.26. The smallest absolute Gasteiger partial charge is 0.493 e. The van der Waals surface area contributed by atoms with Crippen molar-refractivity contribution in [3.8, 4) is 11.5 Å². The average molecular weight is 425 g/mol. The van der Waals surface area contributed by atoms with Crippen LogP contribution >= 0.6 is 0 Å². The van der Waals surface area contributed by atoms with Crippen LogP contribution in [-0.2, 0) is 11.2 Å². The van der Waals surface area contributed by atoms with Crippen molar-refractivity contribution in [2.45, 2.75) is 32.2 Å². The van der Waals surface area contributed by atoms with Gasteiger partial charge in [-0.2, -0.15) is 0 Å². The Balaban J connectivity index is 1.72. The van der Waals surface area contributed by atoms with Crippen LogP contribution in [0.2, 0.25) is 0 Å². The van der Waals surface area contributed by atoms with Gasteiger partial charge in [-0.1, -0.05) is 0 Å². The zero-order valence-corrected chi connectivity index (χ0v) is 16.5. The van der Waals surface area contributed by atoms with Crippen molar-refractivity contribution in [3.05, 3.63) is 47.5 Å². The summed E-state index contributed by atoms with van der Waals surface area (Å²) >= 11 is 0. The number of nitrogens with zero attached hydrogens (tertiary/aromatic N) is 2. The molecular formula is C20H22F3N3O4. The van der Waals surface area contributed by atoms with Gasteiger partial charge in [0, 0.05) is 50.1 Å². The molecule has 3 aromatic rings. The molecule has 7 nitrogen and oxygen atoms in total. The zero-order valence-electron chi connectivity index (χ0n) is 16.5. The standard InChI is InChI=1S/C20H22F3N3O4/c1-12-15(24-7-6-18(12)29-9-3-8-28-2)11-17(27)19-25-14-5-4-13(10-16(14)26-19)30-20(21,22)23/h4-7,10,17,27H,3,8-9,11H2,1-2H3,(H,25,26). The zero-order chi connectivity index (χ0) is 21.7. The molecule has 1 aromatic carbocycles. The third-order valence-electron chi connectivity index (χ3n) is 4.42. The van der Waals surface area contributed by atoms with E-state index in [2.05, 4.69) is 19.7 Å².